The van der Waals surface area contributed by atoms with Crippen molar-refractivity contribution in [3.8, 4) is 0 Å². The number of carbonyl (C=O) groups is 3. The predicted molar refractivity (Wildman–Crippen MR) is 304 cm³/mol. The molecule has 422 valence electrons. The zero-order valence-electron chi connectivity index (χ0n) is 49.0. The molecule has 0 N–H and O–H groups in total. The highest BCUT2D eigenvalue weighted by atomic mass is 16.5. The van der Waals surface area contributed by atoms with E-state index >= 15 is 0 Å². The third kappa shape index (κ3) is 29.0. The molecule has 0 aliphatic heterocycles. The van der Waals surface area contributed by atoms with E-state index in [9.17, 15) is 14.4 Å². The molecule has 0 heterocycles. The van der Waals surface area contributed by atoms with E-state index in [0.717, 1.165) is 44.4 Å². The van der Waals surface area contributed by atoms with Crippen LogP contribution in [0, 0.1) is 34.0 Å². The molecule has 72 heavy (non-hydrogen) atoms. The molecular weight excluding hydrogens is 891 g/mol. The molecule has 4 fully saturated rings. The molecule has 4 aliphatic carbocycles. The minimum atomic E-state index is -0.133. The van der Waals surface area contributed by atoms with E-state index in [1.165, 1.54) is 244 Å². The molecule has 0 spiro atoms. The third-order valence-corrected chi connectivity index (χ3v) is 18.0. The van der Waals surface area contributed by atoms with Crippen LogP contribution in [-0.2, 0) is 28.6 Å². The van der Waals surface area contributed by atoms with Crippen molar-refractivity contribution in [3.05, 3.63) is 0 Å². The first-order valence-corrected chi connectivity index (χ1v) is 32.1. The largest absolute Gasteiger partial charge is 0.466 e. The van der Waals surface area contributed by atoms with Gasteiger partial charge in [0.2, 0.25) is 0 Å². The van der Waals surface area contributed by atoms with Crippen LogP contribution in [-0.4, -0.2) is 63.3 Å². The summed E-state index contributed by atoms with van der Waals surface area (Å²) in [7, 11) is 3.83. The highest BCUT2D eigenvalue weighted by Gasteiger charge is 2.62. The monoisotopic (exact) mass is 1010 g/mol. The van der Waals surface area contributed by atoms with E-state index in [2.05, 4.69) is 27.7 Å². The van der Waals surface area contributed by atoms with Crippen LogP contribution < -0.4 is 0 Å². The summed E-state index contributed by atoms with van der Waals surface area (Å²) < 4.78 is 18.0. The molecule has 0 aromatic carbocycles. The van der Waals surface area contributed by atoms with Crippen LogP contribution in [0.5, 0.6) is 0 Å². The summed E-state index contributed by atoms with van der Waals surface area (Å²) in [4.78, 5) is 41.3. The summed E-state index contributed by atoms with van der Waals surface area (Å²) in [5, 5.41) is 0. The molecule has 0 amide bonds. The second kappa shape index (κ2) is 39.7. The van der Waals surface area contributed by atoms with Crippen molar-refractivity contribution >= 4 is 17.9 Å². The SMILES string of the molecule is CCCCCCCCCC(CCCCCCCCC)CC(=O)OCCCC12CC3CC(CCCOC(=O)CC(CCCCCCCCC)CCCCCCCCC)(C1)CC(CCCOC(=O)CN(C)C)(C3)C2. The highest BCUT2D eigenvalue weighted by molar-refractivity contribution is 5.71. The van der Waals surface area contributed by atoms with Crippen molar-refractivity contribution in [1.82, 2.24) is 4.90 Å². The summed E-state index contributed by atoms with van der Waals surface area (Å²) in [6.07, 6.45) is 56.6. The Morgan fingerprint density at radius 1 is 0.389 bits per heavy atom. The second-order valence-corrected chi connectivity index (χ2v) is 25.5. The van der Waals surface area contributed by atoms with Gasteiger partial charge in [0.1, 0.15) is 0 Å². The van der Waals surface area contributed by atoms with Gasteiger partial charge in [-0.3, -0.25) is 19.3 Å². The topological polar surface area (TPSA) is 82.1 Å². The van der Waals surface area contributed by atoms with Crippen molar-refractivity contribution in [2.24, 2.45) is 34.0 Å². The Hall–Kier alpha value is -1.63. The van der Waals surface area contributed by atoms with Gasteiger partial charge in [0.05, 0.1) is 26.4 Å². The summed E-state index contributed by atoms with van der Waals surface area (Å²) in [5.74, 6) is 1.57. The van der Waals surface area contributed by atoms with Gasteiger partial charge >= 0.3 is 17.9 Å². The lowest BCUT2D eigenvalue weighted by Gasteiger charge is -2.67. The van der Waals surface area contributed by atoms with Gasteiger partial charge in [-0.15, -0.1) is 0 Å². The normalized spacial score (nSPS) is 21.4. The number of hydrogen-bond donors (Lipinski definition) is 0. The molecule has 0 saturated heterocycles. The lowest BCUT2D eigenvalue weighted by atomic mass is 9.37. The van der Waals surface area contributed by atoms with Crippen LogP contribution in [0.1, 0.15) is 323 Å². The number of unbranched alkanes of at least 4 members (excludes halogenated alkanes) is 24. The summed E-state index contributed by atoms with van der Waals surface area (Å²) in [5.41, 5.74) is 0.833. The Balaban J connectivity index is 1.57. The Labute approximate surface area is 447 Å². The maximum absolute atomic E-state index is 13.5. The molecule has 2 unspecified atom stereocenters. The zero-order chi connectivity index (χ0) is 52.0. The standard InChI is InChI=1S/C65H121NO6/c1-7-11-15-19-23-27-31-38-57(39-32-28-24-20-16-12-8-2)48-60(67)70-45-35-42-63-50-59-51-64(54-63,56-65(52-59,55-63)44-37-47-72-62(69)53-66(5)6)43-36-46-71-61(68)49-58(40-33-29-25-21-17-13-9-3)41-34-30-26-22-18-14-10-4/h57-59H,7-56H2,1-6H3. The highest BCUT2D eigenvalue weighted by Crippen LogP contribution is 2.73. The number of hydrogen-bond acceptors (Lipinski definition) is 7. The van der Waals surface area contributed by atoms with Gasteiger partial charge in [0.25, 0.3) is 0 Å². The lowest BCUT2D eigenvalue weighted by Crippen LogP contribution is -2.57. The molecule has 7 heteroatoms. The van der Waals surface area contributed by atoms with Gasteiger partial charge in [0.15, 0.2) is 0 Å². The van der Waals surface area contributed by atoms with Gasteiger partial charge in [0, 0.05) is 12.8 Å². The number of likely N-dealkylation sites (N-methyl/N-ethyl adjacent to an activating group) is 1. The van der Waals surface area contributed by atoms with Crippen LogP contribution in [0.4, 0.5) is 0 Å². The van der Waals surface area contributed by atoms with Crippen LogP contribution >= 0.6 is 0 Å². The predicted octanol–water partition coefficient (Wildman–Crippen LogP) is 19.1. The Morgan fingerprint density at radius 2 is 0.653 bits per heavy atom. The Morgan fingerprint density at radius 3 is 0.931 bits per heavy atom. The minimum absolute atomic E-state index is 0.0321. The summed E-state index contributed by atoms with van der Waals surface area (Å²) in [6, 6.07) is 0. The van der Waals surface area contributed by atoms with Crippen molar-refractivity contribution in [3.63, 3.8) is 0 Å². The van der Waals surface area contributed by atoms with Crippen LogP contribution in [0.3, 0.4) is 0 Å². The van der Waals surface area contributed by atoms with E-state index < -0.39 is 0 Å². The maximum atomic E-state index is 13.5. The van der Waals surface area contributed by atoms with E-state index in [0.29, 0.717) is 51.0 Å². The quantitative estimate of drug-likeness (QED) is 0.0341. The average molecular weight is 1010 g/mol. The fourth-order valence-electron chi connectivity index (χ4n) is 14.9. The molecule has 4 saturated carbocycles. The number of rotatable bonds is 50. The molecule has 4 rings (SSSR count). The van der Waals surface area contributed by atoms with Crippen molar-refractivity contribution in [1.29, 1.82) is 0 Å². The first kappa shape index (κ1) is 64.7. The van der Waals surface area contributed by atoms with E-state index in [1.807, 2.05) is 19.0 Å². The van der Waals surface area contributed by atoms with Crippen LogP contribution in [0.25, 0.3) is 0 Å². The van der Waals surface area contributed by atoms with Crippen molar-refractivity contribution < 1.29 is 28.6 Å². The molecule has 0 radical (unpaired) electrons. The first-order valence-electron chi connectivity index (χ1n) is 32.1. The third-order valence-electron chi connectivity index (χ3n) is 18.0. The average Bonchev–Trinajstić information content (AvgIpc) is 3.33. The van der Waals surface area contributed by atoms with Gasteiger partial charge in [-0.05, 0) is 151 Å². The molecule has 0 aromatic heterocycles. The molecule has 4 bridgehead atoms. The van der Waals surface area contributed by atoms with Gasteiger partial charge in [-0.25, -0.2) is 0 Å². The van der Waals surface area contributed by atoms with Gasteiger partial charge in [-0.1, -0.05) is 207 Å². The van der Waals surface area contributed by atoms with Crippen LogP contribution in [0.15, 0.2) is 0 Å². The maximum Gasteiger partial charge on any atom is 0.320 e. The molecular formula is C65H121NO6. The minimum Gasteiger partial charge on any atom is -0.466 e. The van der Waals surface area contributed by atoms with E-state index in [1.54, 1.807) is 0 Å². The van der Waals surface area contributed by atoms with E-state index in [4.69, 9.17) is 14.2 Å². The Bertz CT molecular complexity index is 1250. The number of carbonyl (C=O) groups excluding carboxylic acids is 3. The van der Waals surface area contributed by atoms with Crippen LogP contribution in [0.2, 0.25) is 0 Å². The lowest BCUT2D eigenvalue weighted by molar-refractivity contribution is -0.173. The number of ether oxygens (including phenoxy) is 3. The first-order chi connectivity index (χ1) is 35.0. The molecule has 2 atom stereocenters. The fourth-order valence-corrected chi connectivity index (χ4v) is 14.9. The summed E-state index contributed by atoms with van der Waals surface area (Å²) >= 11 is 0. The second-order valence-electron chi connectivity index (χ2n) is 25.5. The number of esters is 3. The Kier molecular flexibility index (Phi) is 35.7. The van der Waals surface area contributed by atoms with Crippen molar-refractivity contribution in [2.75, 3.05) is 40.5 Å². The molecule has 0 aromatic rings. The van der Waals surface area contributed by atoms with E-state index in [-0.39, 0.29) is 34.2 Å². The zero-order valence-corrected chi connectivity index (χ0v) is 49.0. The molecule has 7 nitrogen and oxygen atoms in total. The number of nitrogens with zero attached hydrogens (tertiary/aromatic N) is 1. The smallest absolute Gasteiger partial charge is 0.320 e. The van der Waals surface area contributed by atoms with Gasteiger partial charge in [-0.2, -0.15) is 0 Å². The van der Waals surface area contributed by atoms with Gasteiger partial charge < -0.3 is 14.2 Å². The fraction of sp³-hybridized carbons (Fsp3) is 0.954. The van der Waals surface area contributed by atoms with Crippen molar-refractivity contribution in [2.45, 2.75) is 323 Å². The summed E-state index contributed by atoms with van der Waals surface area (Å²) in [6.45, 7) is 11.1. The molecule has 4 aliphatic rings.